The Kier molecular flexibility index (Phi) is 14.9. The summed E-state index contributed by atoms with van der Waals surface area (Å²) in [6.45, 7) is 12.1. The fraction of sp³-hybridized carbons (Fsp3) is 0.455. The van der Waals surface area contributed by atoms with Crippen molar-refractivity contribution in [2.45, 2.75) is 105 Å². The second-order valence-electron chi connectivity index (χ2n) is 15.0. The molecule has 1 amide bonds. The standard InChI is InChI=1S/C44H58N6O6S2/c1-9-26-25(6)41-40(43(55)31(16-18-58-8)50-44(56)30(45)15-17-57-7)42-27(10-2)22(3)34(48-42)19-32-23(4)28(11-13-38(51)52)36(46-32)21-37-29(12-14-39(53)54)24(5)33(47-37)20-35(26)49-41/h19-21,30-31,46-49H,9-18,45H2,1-8H3,(H,50,56)(H,51,52)(H,53,54)/t30-,31-/m0/s1. The molecule has 1 aliphatic rings. The number of ketones is 1. The fourth-order valence-electron chi connectivity index (χ4n) is 8.08. The van der Waals surface area contributed by atoms with Crippen LogP contribution in [0.1, 0.15) is 107 Å². The number of aliphatic carboxylic acids is 2. The lowest BCUT2D eigenvalue weighted by atomic mass is 9.93. The molecule has 4 aromatic heterocycles. The average molecular weight is 831 g/mol. The van der Waals surface area contributed by atoms with Gasteiger partial charge in [0.25, 0.3) is 0 Å². The van der Waals surface area contributed by atoms with Crippen LogP contribution in [-0.2, 0) is 44.9 Å². The normalized spacial score (nSPS) is 13.4. The topological polar surface area (TPSA) is 210 Å². The van der Waals surface area contributed by atoms with E-state index in [4.69, 9.17) is 5.73 Å². The first-order valence-corrected chi connectivity index (χ1v) is 22.7. The number of rotatable bonds is 18. The van der Waals surface area contributed by atoms with Crippen LogP contribution in [0.3, 0.4) is 0 Å². The van der Waals surface area contributed by atoms with E-state index >= 15 is 4.79 Å². The van der Waals surface area contributed by atoms with Crippen LogP contribution in [0, 0.1) is 27.7 Å². The summed E-state index contributed by atoms with van der Waals surface area (Å²) in [5.41, 5.74) is 17.1. The molecule has 5 heterocycles. The molecule has 1 aliphatic heterocycles. The number of hydrogen-bond donors (Lipinski definition) is 8. The van der Waals surface area contributed by atoms with Crippen LogP contribution in [0.2, 0.25) is 0 Å². The van der Waals surface area contributed by atoms with Crippen molar-refractivity contribution in [1.29, 1.82) is 0 Å². The van der Waals surface area contributed by atoms with Gasteiger partial charge in [0.15, 0.2) is 5.78 Å². The summed E-state index contributed by atoms with van der Waals surface area (Å²) in [6.07, 6.45) is 12.6. The van der Waals surface area contributed by atoms with E-state index < -0.39 is 24.0 Å². The third-order valence-electron chi connectivity index (χ3n) is 11.4. The van der Waals surface area contributed by atoms with Crippen LogP contribution in [-0.4, -0.2) is 89.9 Å². The van der Waals surface area contributed by atoms with E-state index in [1.807, 2.05) is 58.4 Å². The maximum Gasteiger partial charge on any atom is 0.303 e. The van der Waals surface area contributed by atoms with Gasteiger partial charge in [0.1, 0.15) is 0 Å². The Labute approximate surface area is 347 Å². The highest BCUT2D eigenvalue weighted by atomic mass is 32.2. The first-order chi connectivity index (χ1) is 27.6. The monoisotopic (exact) mass is 830 g/mol. The molecule has 5 rings (SSSR count). The number of H-pyrrole nitrogens is 4. The van der Waals surface area contributed by atoms with Crippen molar-refractivity contribution in [2.75, 3.05) is 24.0 Å². The number of thioether (sulfide) groups is 2. The van der Waals surface area contributed by atoms with Crippen LogP contribution < -0.4 is 32.4 Å². The highest BCUT2D eigenvalue weighted by Gasteiger charge is 2.31. The molecular weight excluding hydrogens is 773 g/mol. The number of amides is 1. The van der Waals surface area contributed by atoms with Gasteiger partial charge in [0.2, 0.25) is 5.91 Å². The predicted octanol–water partition coefficient (Wildman–Crippen LogP) is 3.28. The zero-order valence-electron chi connectivity index (χ0n) is 34.9. The van der Waals surface area contributed by atoms with Gasteiger partial charge in [-0.1, -0.05) is 13.8 Å². The summed E-state index contributed by atoms with van der Waals surface area (Å²) in [6, 6.07) is -1.59. The van der Waals surface area contributed by atoms with Gasteiger partial charge in [-0.2, -0.15) is 23.5 Å². The molecule has 14 heteroatoms. The van der Waals surface area contributed by atoms with E-state index in [9.17, 15) is 24.6 Å². The number of carboxylic acid groups (broad SMARTS) is 2. The molecule has 0 saturated heterocycles. The van der Waals surface area contributed by atoms with Crippen molar-refractivity contribution in [3.8, 4) is 0 Å². The highest BCUT2D eigenvalue weighted by molar-refractivity contribution is 7.98. The molecule has 2 atom stereocenters. The summed E-state index contributed by atoms with van der Waals surface area (Å²) in [5, 5.41) is 25.4. The van der Waals surface area contributed by atoms with Crippen LogP contribution in [0.4, 0.5) is 0 Å². The molecule has 58 heavy (non-hydrogen) atoms. The average Bonchev–Trinajstić information content (AvgIpc) is 3.86. The Bertz CT molecular complexity index is 2470. The van der Waals surface area contributed by atoms with E-state index in [0.29, 0.717) is 48.1 Å². The van der Waals surface area contributed by atoms with E-state index in [1.54, 1.807) is 23.5 Å². The lowest BCUT2D eigenvalue weighted by Gasteiger charge is -2.21. The van der Waals surface area contributed by atoms with E-state index in [0.717, 1.165) is 83.4 Å². The van der Waals surface area contributed by atoms with Crippen LogP contribution in [0.5, 0.6) is 0 Å². The molecule has 312 valence electrons. The summed E-state index contributed by atoms with van der Waals surface area (Å²) >= 11 is 3.22. The lowest BCUT2D eigenvalue weighted by Crippen LogP contribution is -2.49. The quantitative estimate of drug-likeness (QED) is 0.0739. The molecule has 0 aliphatic carbocycles. The highest BCUT2D eigenvalue weighted by Crippen LogP contribution is 2.28. The summed E-state index contributed by atoms with van der Waals surface area (Å²) < 4.78 is 0. The molecular formula is C44H58N6O6S2. The van der Waals surface area contributed by atoms with Crippen LogP contribution in [0.25, 0.3) is 23.8 Å². The zero-order valence-corrected chi connectivity index (χ0v) is 36.5. The SMILES string of the molecule is CCc1c2[nH]c(c1C)C(C(=O)[C@H](CCSC)NC(=O)[C@@H](N)CCSC)=c1[nH]c(c(C)c1CC)=Cc1[nH]c(c(CCC(=O)O)c1C)C=c1[nH]c(c(C)c1CCC(=O)O)=C2. The molecule has 0 fully saturated rings. The lowest BCUT2D eigenvalue weighted by molar-refractivity contribution is -0.138. The van der Waals surface area contributed by atoms with Crippen molar-refractivity contribution in [1.82, 2.24) is 25.3 Å². The molecule has 0 saturated carbocycles. The van der Waals surface area contributed by atoms with Gasteiger partial charge in [0.05, 0.1) is 28.7 Å². The molecule has 0 aromatic carbocycles. The van der Waals surface area contributed by atoms with Gasteiger partial charge in [0, 0.05) is 46.0 Å². The number of nitrogens with two attached hydrogens (primary N) is 1. The number of hydrogen-bond acceptors (Lipinski definition) is 7. The van der Waals surface area contributed by atoms with E-state index in [2.05, 4.69) is 39.1 Å². The molecule has 9 N–H and O–H groups in total. The van der Waals surface area contributed by atoms with Gasteiger partial charge in [-0.05, 0) is 153 Å². The minimum Gasteiger partial charge on any atom is -0.481 e. The van der Waals surface area contributed by atoms with Crippen molar-refractivity contribution >= 4 is 71.0 Å². The first-order valence-electron chi connectivity index (χ1n) is 19.9. The number of aromatic amines is 4. The zero-order chi connectivity index (χ0) is 42.4. The Morgan fingerprint density at radius 3 is 1.84 bits per heavy atom. The van der Waals surface area contributed by atoms with Gasteiger partial charge >= 0.3 is 11.9 Å². The minimum atomic E-state index is -0.906. The fourth-order valence-corrected chi connectivity index (χ4v) is 9.04. The summed E-state index contributed by atoms with van der Waals surface area (Å²) in [7, 11) is 0. The Morgan fingerprint density at radius 1 is 0.672 bits per heavy atom. The Hall–Kier alpha value is -4.66. The third-order valence-corrected chi connectivity index (χ3v) is 12.7. The number of Topliss-reactive ketones (excluding diaryl/α,β-unsaturated/α-hetero) is 1. The largest absolute Gasteiger partial charge is 0.481 e. The third kappa shape index (κ3) is 9.45. The summed E-state index contributed by atoms with van der Waals surface area (Å²) in [4.78, 5) is 67.0. The van der Waals surface area contributed by atoms with Gasteiger partial charge in [-0.15, -0.1) is 0 Å². The minimum absolute atomic E-state index is 0.0648. The van der Waals surface area contributed by atoms with Gasteiger partial charge < -0.3 is 41.2 Å². The van der Waals surface area contributed by atoms with Crippen molar-refractivity contribution in [2.24, 2.45) is 5.73 Å². The number of fused-ring (bicyclic) bond motifs is 8. The maximum atomic E-state index is 15.3. The van der Waals surface area contributed by atoms with E-state index in [-0.39, 0.29) is 37.4 Å². The van der Waals surface area contributed by atoms with Crippen molar-refractivity contribution in [3.63, 3.8) is 0 Å². The van der Waals surface area contributed by atoms with Crippen molar-refractivity contribution < 1.29 is 29.4 Å². The Morgan fingerprint density at radius 2 is 1.22 bits per heavy atom. The number of aromatic nitrogens is 4. The number of carboxylic acids is 2. The second kappa shape index (κ2) is 19.4. The Balaban J connectivity index is 1.92. The van der Waals surface area contributed by atoms with Gasteiger partial charge in [-0.3, -0.25) is 19.2 Å². The summed E-state index contributed by atoms with van der Waals surface area (Å²) in [5.74, 6) is -1.02. The number of carbonyl (C=O) groups is 4. The predicted molar refractivity (Wildman–Crippen MR) is 235 cm³/mol. The molecule has 4 aromatic rings. The molecule has 8 bridgehead atoms. The molecule has 12 nitrogen and oxygen atoms in total. The maximum absolute atomic E-state index is 15.3. The van der Waals surface area contributed by atoms with Crippen LogP contribution in [0.15, 0.2) is 0 Å². The molecule has 0 spiro atoms. The first kappa shape index (κ1) is 44.4. The van der Waals surface area contributed by atoms with E-state index in [1.165, 1.54) is 0 Å². The number of carbonyl (C=O) groups excluding carboxylic acids is 2. The van der Waals surface area contributed by atoms with Crippen LogP contribution >= 0.6 is 23.5 Å². The second-order valence-corrected chi connectivity index (χ2v) is 17.0. The molecule has 0 radical (unpaired) electrons. The van der Waals surface area contributed by atoms with Gasteiger partial charge in [-0.25, -0.2) is 0 Å². The van der Waals surface area contributed by atoms with Crippen molar-refractivity contribution in [3.05, 3.63) is 88.7 Å². The molecule has 0 unspecified atom stereocenters. The smallest absolute Gasteiger partial charge is 0.303 e. The number of nitrogens with one attached hydrogen (secondary N) is 5.